The van der Waals surface area contributed by atoms with Crippen molar-refractivity contribution >= 4 is 29.2 Å². The lowest BCUT2D eigenvalue weighted by Gasteiger charge is -2.09. The van der Waals surface area contributed by atoms with Crippen molar-refractivity contribution in [2.45, 2.75) is 40.7 Å². The zero-order chi connectivity index (χ0) is 20.0. The van der Waals surface area contributed by atoms with Crippen LogP contribution in [0.4, 0.5) is 0 Å². The van der Waals surface area contributed by atoms with Crippen LogP contribution < -0.4 is 4.74 Å². The molecule has 1 saturated carbocycles. The van der Waals surface area contributed by atoms with Crippen molar-refractivity contribution in [3.05, 3.63) is 64.4 Å². The standard InChI is InChI=1S/C22H26Cl2O3/c1-5-6-7-9-15(2)27-17-11-8-10-16(12-17)14-26-21(25)20-18(13-19(23)24)22(20,3)4/h6-13,18,20H,5,14H2,1-4H3. The smallest absolute Gasteiger partial charge is 0.310 e. The Morgan fingerprint density at radius 1 is 1.30 bits per heavy atom. The third kappa shape index (κ3) is 6.15. The van der Waals surface area contributed by atoms with E-state index in [0.29, 0.717) is 5.75 Å². The Morgan fingerprint density at radius 2 is 2.04 bits per heavy atom. The lowest BCUT2D eigenvalue weighted by Crippen LogP contribution is -2.10. The van der Waals surface area contributed by atoms with Crippen LogP contribution in [0.1, 0.15) is 39.7 Å². The summed E-state index contributed by atoms with van der Waals surface area (Å²) in [5.74, 6) is 1.06. The van der Waals surface area contributed by atoms with Gasteiger partial charge in [0, 0.05) is 0 Å². The fourth-order valence-electron chi connectivity index (χ4n) is 3.08. The highest BCUT2D eigenvalue weighted by Crippen LogP contribution is 2.60. The van der Waals surface area contributed by atoms with E-state index in [1.165, 1.54) is 0 Å². The minimum Gasteiger partial charge on any atom is -0.462 e. The number of hydrogen-bond acceptors (Lipinski definition) is 3. The second-order valence-corrected chi connectivity index (χ2v) is 8.26. The summed E-state index contributed by atoms with van der Waals surface area (Å²) in [4.78, 5) is 12.4. The van der Waals surface area contributed by atoms with E-state index in [2.05, 4.69) is 13.0 Å². The Hall–Kier alpha value is -1.71. The zero-order valence-electron chi connectivity index (χ0n) is 16.2. The SMILES string of the molecule is CCC=CC=C(C)Oc1cccc(COC(=O)C2C(C=C(Cl)Cl)C2(C)C)c1. The first kappa shape index (κ1) is 21.6. The van der Waals surface area contributed by atoms with Gasteiger partial charge in [-0.3, -0.25) is 4.79 Å². The van der Waals surface area contributed by atoms with Gasteiger partial charge in [-0.25, -0.2) is 0 Å². The summed E-state index contributed by atoms with van der Waals surface area (Å²) in [6.07, 6.45) is 8.64. The molecule has 2 unspecified atom stereocenters. The third-order valence-electron chi connectivity index (χ3n) is 4.73. The molecule has 0 spiro atoms. The zero-order valence-corrected chi connectivity index (χ0v) is 17.7. The molecular weight excluding hydrogens is 383 g/mol. The van der Waals surface area contributed by atoms with Crippen LogP contribution in [0.3, 0.4) is 0 Å². The van der Waals surface area contributed by atoms with Gasteiger partial charge in [0.05, 0.1) is 5.92 Å². The molecule has 27 heavy (non-hydrogen) atoms. The van der Waals surface area contributed by atoms with Crippen molar-refractivity contribution in [2.24, 2.45) is 17.3 Å². The fraction of sp³-hybridized carbons (Fsp3) is 0.409. The van der Waals surface area contributed by atoms with E-state index >= 15 is 0 Å². The Labute approximate surface area is 171 Å². The lowest BCUT2D eigenvalue weighted by molar-refractivity contribution is -0.147. The molecule has 1 aromatic carbocycles. The van der Waals surface area contributed by atoms with Crippen LogP contribution in [0.15, 0.2) is 58.8 Å². The Bertz CT molecular complexity index is 759. The van der Waals surface area contributed by atoms with Crippen LogP contribution >= 0.6 is 23.2 Å². The summed E-state index contributed by atoms with van der Waals surface area (Å²) >= 11 is 11.5. The van der Waals surface area contributed by atoms with E-state index in [0.717, 1.165) is 17.7 Å². The molecule has 0 bridgehead atoms. The maximum atomic E-state index is 12.4. The number of halogens is 2. The van der Waals surface area contributed by atoms with Crippen LogP contribution in [-0.4, -0.2) is 5.97 Å². The summed E-state index contributed by atoms with van der Waals surface area (Å²) < 4.78 is 11.5. The number of carbonyl (C=O) groups is 1. The van der Waals surface area contributed by atoms with Crippen LogP contribution in [0.2, 0.25) is 0 Å². The molecule has 2 rings (SSSR count). The van der Waals surface area contributed by atoms with Gasteiger partial charge in [-0.1, -0.05) is 68.3 Å². The van der Waals surface area contributed by atoms with Gasteiger partial charge in [0.2, 0.25) is 0 Å². The predicted molar refractivity (Wildman–Crippen MR) is 111 cm³/mol. The lowest BCUT2D eigenvalue weighted by atomic mass is 10.1. The van der Waals surface area contributed by atoms with Crippen molar-refractivity contribution < 1.29 is 14.3 Å². The first-order chi connectivity index (χ1) is 12.8. The Kier molecular flexibility index (Phi) is 7.58. The number of benzene rings is 1. The van der Waals surface area contributed by atoms with E-state index in [4.69, 9.17) is 32.7 Å². The number of ether oxygens (including phenoxy) is 2. The van der Waals surface area contributed by atoms with Gasteiger partial charge in [0.15, 0.2) is 0 Å². The molecule has 3 nitrogen and oxygen atoms in total. The average Bonchev–Trinajstić information content (AvgIpc) is 3.12. The molecule has 2 atom stereocenters. The van der Waals surface area contributed by atoms with E-state index in [1.807, 2.05) is 57.2 Å². The molecule has 0 aliphatic heterocycles. The van der Waals surface area contributed by atoms with E-state index in [1.54, 1.807) is 6.08 Å². The first-order valence-electron chi connectivity index (χ1n) is 9.05. The molecule has 0 N–H and O–H groups in total. The summed E-state index contributed by atoms with van der Waals surface area (Å²) in [6.45, 7) is 8.20. The highest BCUT2D eigenvalue weighted by atomic mass is 35.5. The quantitative estimate of drug-likeness (QED) is 0.277. The molecule has 0 heterocycles. The minimum absolute atomic E-state index is 0.00799. The number of rotatable bonds is 8. The molecule has 1 aliphatic rings. The second kappa shape index (κ2) is 9.48. The highest BCUT2D eigenvalue weighted by molar-refractivity contribution is 6.55. The van der Waals surface area contributed by atoms with Gasteiger partial charge in [-0.15, -0.1) is 0 Å². The Morgan fingerprint density at radius 3 is 2.70 bits per heavy atom. The minimum atomic E-state index is -0.233. The normalized spacial score (nSPS) is 21.0. The molecule has 0 amide bonds. The molecule has 5 heteroatoms. The topological polar surface area (TPSA) is 35.5 Å². The molecule has 1 aliphatic carbocycles. The van der Waals surface area contributed by atoms with Gasteiger partial charge >= 0.3 is 5.97 Å². The van der Waals surface area contributed by atoms with Gasteiger partial charge in [-0.2, -0.15) is 0 Å². The molecule has 0 saturated heterocycles. The van der Waals surface area contributed by atoms with Crippen molar-refractivity contribution in [1.29, 1.82) is 0 Å². The van der Waals surface area contributed by atoms with Crippen LogP contribution in [0.5, 0.6) is 5.75 Å². The third-order valence-corrected chi connectivity index (χ3v) is 4.98. The van der Waals surface area contributed by atoms with Crippen molar-refractivity contribution in [3.8, 4) is 5.75 Å². The van der Waals surface area contributed by atoms with Gasteiger partial charge in [0.25, 0.3) is 0 Å². The first-order valence-corrected chi connectivity index (χ1v) is 9.81. The maximum absolute atomic E-state index is 12.4. The number of carbonyl (C=O) groups excluding carboxylic acids is 1. The fourth-order valence-corrected chi connectivity index (χ4v) is 3.35. The van der Waals surface area contributed by atoms with Crippen LogP contribution in [0, 0.1) is 17.3 Å². The molecule has 146 valence electrons. The largest absolute Gasteiger partial charge is 0.462 e. The summed E-state index contributed by atoms with van der Waals surface area (Å²) in [6, 6.07) is 7.54. The molecule has 0 radical (unpaired) electrons. The molecule has 1 fully saturated rings. The monoisotopic (exact) mass is 408 g/mol. The summed E-state index contributed by atoms with van der Waals surface area (Å²) in [7, 11) is 0. The maximum Gasteiger partial charge on any atom is 0.310 e. The van der Waals surface area contributed by atoms with Gasteiger partial charge < -0.3 is 9.47 Å². The average molecular weight is 409 g/mol. The van der Waals surface area contributed by atoms with Crippen molar-refractivity contribution in [2.75, 3.05) is 0 Å². The number of esters is 1. The molecule has 1 aromatic rings. The highest BCUT2D eigenvalue weighted by Gasteiger charge is 2.61. The van der Waals surface area contributed by atoms with E-state index in [-0.39, 0.29) is 34.3 Å². The van der Waals surface area contributed by atoms with E-state index < -0.39 is 0 Å². The van der Waals surface area contributed by atoms with Crippen LogP contribution in [0.25, 0.3) is 0 Å². The Balaban J connectivity index is 1.93. The van der Waals surface area contributed by atoms with Crippen LogP contribution in [-0.2, 0) is 16.1 Å². The van der Waals surface area contributed by atoms with Crippen molar-refractivity contribution in [3.63, 3.8) is 0 Å². The predicted octanol–water partition coefficient (Wildman–Crippen LogP) is 6.57. The second-order valence-electron chi connectivity index (χ2n) is 7.25. The van der Waals surface area contributed by atoms with Gasteiger partial charge in [0.1, 0.15) is 22.6 Å². The van der Waals surface area contributed by atoms with Crippen molar-refractivity contribution in [1.82, 2.24) is 0 Å². The summed E-state index contributed by atoms with van der Waals surface area (Å²) in [5.41, 5.74) is 0.684. The molecule has 0 aromatic heterocycles. The molecular formula is C22H26Cl2O3. The number of hydrogen-bond donors (Lipinski definition) is 0. The van der Waals surface area contributed by atoms with E-state index in [9.17, 15) is 4.79 Å². The number of allylic oxidation sites excluding steroid dienone is 5. The van der Waals surface area contributed by atoms with Gasteiger partial charge in [-0.05, 0) is 54.5 Å². The summed E-state index contributed by atoms with van der Waals surface area (Å²) in [5, 5.41) is 0.